The molecule has 0 fully saturated rings. The average molecular weight is 297 g/mol. The fourth-order valence-corrected chi connectivity index (χ4v) is 3.87. The van der Waals surface area contributed by atoms with Gasteiger partial charge in [-0.3, -0.25) is 0 Å². The standard InChI is InChI=1S/C16H15N3OS/c17-14(10-5-2-1-3-6-10)16-19-18-15(20-16)13-9-11-7-4-8-12(11)21-13/h1-3,5-6,9,14H,4,7-8,17H2. The molecule has 106 valence electrons. The normalized spacial score (nSPS) is 15.1. The molecule has 1 aliphatic rings. The first-order valence-corrected chi connectivity index (χ1v) is 7.89. The fraction of sp³-hybridized carbons (Fsp3) is 0.250. The van der Waals surface area contributed by atoms with Crippen molar-refractivity contribution in [3.05, 3.63) is 58.3 Å². The summed E-state index contributed by atoms with van der Waals surface area (Å²) in [5, 5.41) is 8.28. The summed E-state index contributed by atoms with van der Waals surface area (Å²) in [7, 11) is 0. The zero-order valence-corrected chi connectivity index (χ0v) is 12.3. The van der Waals surface area contributed by atoms with Crippen molar-refractivity contribution in [2.45, 2.75) is 25.3 Å². The summed E-state index contributed by atoms with van der Waals surface area (Å²) in [5.74, 6) is 1.04. The van der Waals surface area contributed by atoms with Crippen LogP contribution in [0.15, 0.2) is 40.8 Å². The first kappa shape index (κ1) is 12.7. The van der Waals surface area contributed by atoms with E-state index in [1.165, 1.54) is 23.3 Å². The lowest BCUT2D eigenvalue weighted by Gasteiger charge is -2.05. The Bertz CT molecular complexity index is 741. The molecule has 1 aromatic carbocycles. The van der Waals surface area contributed by atoms with Crippen LogP contribution in [0.4, 0.5) is 0 Å². The molecule has 2 heterocycles. The zero-order chi connectivity index (χ0) is 14.2. The predicted octanol–water partition coefficient (Wildman–Crippen LogP) is 3.33. The summed E-state index contributed by atoms with van der Waals surface area (Å²) in [5.41, 5.74) is 8.59. The molecule has 5 heteroatoms. The number of hydrogen-bond donors (Lipinski definition) is 1. The number of aromatic nitrogens is 2. The van der Waals surface area contributed by atoms with Crippen LogP contribution < -0.4 is 5.73 Å². The second kappa shape index (κ2) is 5.09. The summed E-state index contributed by atoms with van der Waals surface area (Å²) >= 11 is 1.76. The van der Waals surface area contributed by atoms with Gasteiger partial charge in [-0.05, 0) is 36.5 Å². The van der Waals surface area contributed by atoms with Crippen LogP contribution in [0.2, 0.25) is 0 Å². The summed E-state index contributed by atoms with van der Waals surface area (Å²) in [4.78, 5) is 2.51. The molecule has 21 heavy (non-hydrogen) atoms. The molecule has 0 saturated heterocycles. The molecule has 0 amide bonds. The van der Waals surface area contributed by atoms with Crippen LogP contribution in [0.3, 0.4) is 0 Å². The largest absolute Gasteiger partial charge is 0.418 e. The second-order valence-electron chi connectivity index (χ2n) is 5.25. The maximum absolute atomic E-state index is 6.19. The lowest BCUT2D eigenvalue weighted by molar-refractivity contribution is 0.485. The Morgan fingerprint density at radius 3 is 2.81 bits per heavy atom. The summed E-state index contributed by atoms with van der Waals surface area (Å²) in [6.45, 7) is 0. The molecule has 1 aliphatic carbocycles. The summed E-state index contributed by atoms with van der Waals surface area (Å²) < 4.78 is 5.79. The van der Waals surface area contributed by atoms with E-state index in [4.69, 9.17) is 10.2 Å². The highest BCUT2D eigenvalue weighted by Gasteiger charge is 2.21. The molecule has 4 rings (SSSR count). The Kier molecular flexibility index (Phi) is 3.09. The van der Waals surface area contributed by atoms with Crippen LogP contribution >= 0.6 is 11.3 Å². The minimum atomic E-state index is -0.376. The van der Waals surface area contributed by atoms with Crippen molar-refractivity contribution < 1.29 is 4.42 Å². The highest BCUT2D eigenvalue weighted by atomic mass is 32.1. The Labute approximate surface area is 126 Å². The van der Waals surface area contributed by atoms with E-state index in [0.29, 0.717) is 11.8 Å². The Hall–Kier alpha value is -1.98. The van der Waals surface area contributed by atoms with Gasteiger partial charge in [0.15, 0.2) is 0 Å². The van der Waals surface area contributed by atoms with Crippen molar-refractivity contribution >= 4 is 11.3 Å². The molecule has 1 unspecified atom stereocenters. The Morgan fingerprint density at radius 2 is 2.00 bits per heavy atom. The third kappa shape index (κ3) is 2.28. The van der Waals surface area contributed by atoms with Crippen molar-refractivity contribution in [1.82, 2.24) is 10.2 Å². The molecular formula is C16H15N3OS. The van der Waals surface area contributed by atoms with Gasteiger partial charge in [-0.15, -0.1) is 21.5 Å². The van der Waals surface area contributed by atoms with Crippen molar-refractivity contribution in [2.24, 2.45) is 5.73 Å². The molecule has 0 spiro atoms. The molecule has 3 aromatic rings. The fourth-order valence-electron chi connectivity index (χ4n) is 2.70. The smallest absolute Gasteiger partial charge is 0.257 e. The lowest BCUT2D eigenvalue weighted by atomic mass is 10.1. The molecule has 2 aromatic heterocycles. The highest BCUT2D eigenvalue weighted by Crippen LogP contribution is 2.36. The molecule has 0 radical (unpaired) electrons. The quantitative estimate of drug-likeness (QED) is 0.805. The van der Waals surface area contributed by atoms with Gasteiger partial charge in [-0.1, -0.05) is 30.3 Å². The number of thiophene rings is 1. The topological polar surface area (TPSA) is 64.9 Å². The van der Waals surface area contributed by atoms with Gasteiger partial charge < -0.3 is 10.2 Å². The van der Waals surface area contributed by atoms with E-state index in [0.717, 1.165) is 16.9 Å². The van der Waals surface area contributed by atoms with E-state index in [9.17, 15) is 0 Å². The van der Waals surface area contributed by atoms with Crippen LogP contribution in [-0.4, -0.2) is 10.2 Å². The minimum Gasteiger partial charge on any atom is -0.418 e. The summed E-state index contributed by atoms with van der Waals surface area (Å²) in [6.07, 6.45) is 3.59. The number of aryl methyl sites for hydroxylation is 2. The van der Waals surface area contributed by atoms with E-state index < -0.39 is 0 Å². The van der Waals surface area contributed by atoms with E-state index >= 15 is 0 Å². The Morgan fingerprint density at radius 1 is 1.14 bits per heavy atom. The average Bonchev–Trinajstić information content (AvgIpc) is 3.22. The van der Waals surface area contributed by atoms with E-state index in [1.807, 2.05) is 30.3 Å². The van der Waals surface area contributed by atoms with E-state index in [2.05, 4.69) is 16.3 Å². The third-order valence-corrected chi connectivity index (χ3v) is 5.05. The highest BCUT2D eigenvalue weighted by molar-refractivity contribution is 7.15. The van der Waals surface area contributed by atoms with Crippen LogP contribution in [0, 0.1) is 0 Å². The number of hydrogen-bond acceptors (Lipinski definition) is 5. The Balaban J connectivity index is 1.63. The minimum absolute atomic E-state index is 0.376. The monoisotopic (exact) mass is 297 g/mol. The molecule has 0 aliphatic heterocycles. The van der Waals surface area contributed by atoms with Gasteiger partial charge in [0.05, 0.1) is 4.88 Å². The van der Waals surface area contributed by atoms with Crippen LogP contribution in [0.1, 0.15) is 34.4 Å². The van der Waals surface area contributed by atoms with Crippen LogP contribution in [-0.2, 0) is 12.8 Å². The molecular weight excluding hydrogens is 282 g/mol. The first-order chi connectivity index (χ1) is 10.3. The van der Waals surface area contributed by atoms with Gasteiger partial charge in [0.2, 0.25) is 5.89 Å². The zero-order valence-electron chi connectivity index (χ0n) is 11.5. The van der Waals surface area contributed by atoms with Crippen molar-refractivity contribution in [1.29, 1.82) is 0 Å². The number of nitrogens with zero attached hydrogens (tertiary/aromatic N) is 2. The van der Waals surface area contributed by atoms with Gasteiger partial charge in [0.25, 0.3) is 5.89 Å². The molecule has 0 saturated carbocycles. The number of fused-ring (bicyclic) bond motifs is 1. The van der Waals surface area contributed by atoms with E-state index in [-0.39, 0.29) is 6.04 Å². The number of nitrogens with two attached hydrogens (primary N) is 1. The molecule has 2 N–H and O–H groups in total. The van der Waals surface area contributed by atoms with Gasteiger partial charge in [-0.2, -0.15) is 0 Å². The van der Waals surface area contributed by atoms with Crippen molar-refractivity contribution in [3.8, 4) is 10.8 Å². The van der Waals surface area contributed by atoms with Gasteiger partial charge >= 0.3 is 0 Å². The third-order valence-electron chi connectivity index (χ3n) is 3.82. The second-order valence-corrected chi connectivity index (χ2v) is 6.38. The van der Waals surface area contributed by atoms with Gasteiger partial charge in [-0.25, -0.2) is 0 Å². The van der Waals surface area contributed by atoms with Crippen LogP contribution in [0.25, 0.3) is 10.8 Å². The molecule has 0 bridgehead atoms. The van der Waals surface area contributed by atoms with E-state index in [1.54, 1.807) is 11.3 Å². The maximum atomic E-state index is 6.19. The number of rotatable bonds is 3. The number of benzene rings is 1. The van der Waals surface area contributed by atoms with Gasteiger partial charge in [0, 0.05) is 4.88 Å². The predicted molar refractivity (Wildman–Crippen MR) is 82.1 cm³/mol. The summed E-state index contributed by atoms with van der Waals surface area (Å²) in [6, 6.07) is 11.6. The van der Waals surface area contributed by atoms with Crippen molar-refractivity contribution in [3.63, 3.8) is 0 Å². The maximum Gasteiger partial charge on any atom is 0.257 e. The molecule has 1 atom stereocenters. The van der Waals surface area contributed by atoms with Gasteiger partial charge in [0.1, 0.15) is 6.04 Å². The van der Waals surface area contributed by atoms with Crippen LogP contribution in [0.5, 0.6) is 0 Å². The first-order valence-electron chi connectivity index (χ1n) is 7.07. The SMILES string of the molecule is NC(c1ccccc1)c1nnc(-c2cc3c(s2)CCC3)o1. The van der Waals surface area contributed by atoms with Crippen molar-refractivity contribution in [2.75, 3.05) is 0 Å². The lowest BCUT2D eigenvalue weighted by Crippen LogP contribution is -2.11. The molecule has 4 nitrogen and oxygen atoms in total.